The summed E-state index contributed by atoms with van der Waals surface area (Å²) in [5.41, 5.74) is 7.16. The monoisotopic (exact) mass is 927 g/mol. The summed E-state index contributed by atoms with van der Waals surface area (Å²) in [6, 6.07) is 43.3. The minimum absolute atomic E-state index is 0.106. The molecule has 8 rings (SSSR count). The van der Waals surface area contributed by atoms with Crippen molar-refractivity contribution in [2.75, 3.05) is 14.7 Å². The molecule has 5 aromatic carbocycles. The van der Waals surface area contributed by atoms with Crippen LogP contribution in [0.5, 0.6) is 23.0 Å². The number of anilines is 3. The molecule has 0 saturated heterocycles. The number of nitrogens with zero attached hydrogens (tertiary/aromatic N) is 6. The Labute approximate surface area is 396 Å². The van der Waals surface area contributed by atoms with E-state index in [4.69, 9.17) is 9.47 Å². The van der Waals surface area contributed by atoms with Crippen molar-refractivity contribution in [3.8, 4) is 23.0 Å². The molecular weight excluding hydrogens is 868 g/mol. The minimum Gasteiger partial charge on any atom is -0.489 e. The maximum absolute atomic E-state index is 12.3. The van der Waals surface area contributed by atoms with Crippen LogP contribution in [0, 0.1) is 0 Å². The molecule has 0 fully saturated rings. The summed E-state index contributed by atoms with van der Waals surface area (Å²) in [4.78, 5) is 28.0. The number of imidazole rings is 3. The Bertz CT molecular complexity index is 2610. The van der Waals surface area contributed by atoms with Crippen molar-refractivity contribution in [1.82, 2.24) is 29.9 Å². The van der Waals surface area contributed by atoms with Gasteiger partial charge in [-0.2, -0.15) is 0 Å². The molecule has 68 heavy (non-hydrogen) atoms. The summed E-state index contributed by atoms with van der Waals surface area (Å²) in [5.74, 6) is 2.33. The largest absolute Gasteiger partial charge is 0.573 e. The lowest BCUT2D eigenvalue weighted by Crippen LogP contribution is -2.30. The predicted octanol–water partition coefficient (Wildman–Crippen LogP) is 12.7. The maximum atomic E-state index is 12.3. The zero-order valence-electron chi connectivity index (χ0n) is 39.3. The van der Waals surface area contributed by atoms with Crippen LogP contribution in [0.4, 0.5) is 30.2 Å². The van der Waals surface area contributed by atoms with E-state index >= 15 is 0 Å². The van der Waals surface area contributed by atoms with Crippen LogP contribution in [0.2, 0.25) is 0 Å². The lowest BCUT2D eigenvalue weighted by molar-refractivity contribution is -0.274. The summed E-state index contributed by atoms with van der Waals surface area (Å²) in [7, 11) is 0. The summed E-state index contributed by atoms with van der Waals surface area (Å²) in [6.45, 7) is 15.3. The molecule has 0 aliphatic heterocycles. The van der Waals surface area contributed by atoms with Crippen LogP contribution in [0.25, 0.3) is 0 Å². The van der Waals surface area contributed by atoms with E-state index in [0.717, 1.165) is 58.8 Å². The van der Waals surface area contributed by atoms with E-state index in [1.165, 1.54) is 17.7 Å². The number of aromatic nitrogens is 6. The molecule has 0 atom stereocenters. The van der Waals surface area contributed by atoms with Crippen LogP contribution in [-0.2, 0) is 26.2 Å². The number of ether oxygens (including phenoxy) is 3. The molecule has 356 valence electrons. The number of rotatable bonds is 18. The van der Waals surface area contributed by atoms with Gasteiger partial charge in [0, 0.05) is 72.0 Å². The predicted molar refractivity (Wildman–Crippen MR) is 263 cm³/mol. The highest BCUT2D eigenvalue weighted by molar-refractivity contribution is 5.54. The first kappa shape index (κ1) is 49.7. The quantitative estimate of drug-likeness (QED) is 0.0772. The summed E-state index contributed by atoms with van der Waals surface area (Å²) >= 11 is 0. The lowest BCUT2D eigenvalue weighted by atomic mass is 10.2. The smallest absolute Gasteiger partial charge is 0.489 e. The first-order valence-electron chi connectivity index (χ1n) is 22.5. The van der Waals surface area contributed by atoms with Gasteiger partial charge in [0.1, 0.15) is 29.6 Å². The van der Waals surface area contributed by atoms with Gasteiger partial charge in [-0.3, -0.25) is 0 Å². The number of benzene rings is 5. The highest BCUT2D eigenvalue weighted by Gasteiger charge is 2.31. The van der Waals surface area contributed by atoms with Gasteiger partial charge in [-0.05, 0) is 95.6 Å². The fraction of sp³-hybridized carbons (Fsp3) is 0.264. The van der Waals surface area contributed by atoms with E-state index in [-0.39, 0.29) is 11.8 Å². The fourth-order valence-electron chi connectivity index (χ4n) is 7.08. The van der Waals surface area contributed by atoms with Crippen molar-refractivity contribution in [2.45, 2.75) is 92.3 Å². The highest BCUT2D eigenvalue weighted by Crippen LogP contribution is 2.30. The second kappa shape index (κ2) is 24.7. The Morgan fingerprint density at radius 2 is 0.853 bits per heavy atom. The van der Waals surface area contributed by atoms with Crippen molar-refractivity contribution >= 4 is 17.1 Å². The summed E-state index contributed by atoms with van der Waals surface area (Å²) < 4.78 is 52.7. The van der Waals surface area contributed by atoms with Crippen molar-refractivity contribution < 1.29 is 27.4 Å². The number of aromatic amines is 3. The van der Waals surface area contributed by atoms with Crippen molar-refractivity contribution in [2.24, 2.45) is 0 Å². The summed E-state index contributed by atoms with van der Waals surface area (Å²) in [5, 5.41) is 0. The molecule has 3 heterocycles. The van der Waals surface area contributed by atoms with Crippen molar-refractivity contribution in [3.05, 3.63) is 194 Å². The Morgan fingerprint density at radius 1 is 0.471 bits per heavy atom. The molecule has 0 amide bonds. The fourth-order valence-corrected chi connectivity index (χ4v) is 7.08. The van der Waals surface area contributed by atoms with Gasteiger partial charge in [-0.1, -0.05) is 66.7 Å². The molecular formula is C53H60F3N9O3. The first-order chi connectivity index (χ1) is 32.8. The topological polar surface area (TPSA) is 123 Å². The van der Waals surface area contributed by atoms with Gasteiger partial charge in [0.2, 0.25) is 0 Å². The van der Waals surface area contributed by atoms with Gasteiger partial charge in [0.15, 0.2) is 0 Å². The van der Waals surface area contributed by atoms with E-state index < -0.39 is 6.36 Å². The van der Waals surface area contributed by atoms with Crippen molar-refractivity contribution in [1.29, 1.82) is 0 Å². The molecule has 0 aliphatic carbocycles. The lowest BCUT2D eigenvalue weighted by Gasteiger charge is -2.28. The van der Waals surface area contributed by atoms with Crippen LogP contribution < -0.4 is 28.9 Å². The van der Waals surface area contributed by atoms with E-state index in [1.807, 2.05) is 104 Å². The highest BCUT2D eigenvalue weighted by atomic mass is 19.4. The van der Waals surface area contributed by atoms with Crippen LogP contribution in [0.15, 0.2) is 171 Å². The van der Waals surface area contributed by atoms with Gasteiger partial charge in [-0.25, -0.2) is 15.0 Å². The zero-order chi connectivity index (χ0) is 48.3. The molecule has 0 aliphatic rings. The number of hydrogen-bond acceptors (Lipinski definition) is 9. The average Bonchev–Trinajstić information content (AvgIpc) is 4.15. The van der Waals surface area contributed by atoms with Crippen molar-refractivity contribution in [3.63, 3.8) is 0 Å². The minimum atomic E-state index is -4.69. The third-order valence-corrected chi connectivity index (χ3v) is 10.5. The van der Waals surface area contributed by atoms with Gasteiger partial charge >= 0.3 is 6.36 Å². The second-order valence-electron chi connectivity index (χ2n) is 16.6. The molecule has 3 N–H and O–H groups in total. The number of H-pyrrole nitrogens is 3. The third kappa shape index (κ3) is 16.0. The normalized spacial score (nSPS) is 11.1. The van der Waals surface area contributed by atoms with Gasteiger partial charge in [0.25, 0.3) is 0 Å². The molecule has 15 heteroatoms. The molecule has 3 aromatic heterocycles. The number of hydrogen-bond donors (Lipinski definition) is 3. The van der Waals surface area contributed by atoms with E-state index in [1.54, 1.807) is 37.3 Å². The summed E-state index contributed by atoms with van der Waals surface area (Å²) in [6.07, 6.45) is 5.72. The number of para-hydroxylation sites is 1. The number of nitrogens with one attached hydrogen (secondary N) is 3. The maximum Gasteiger partial charge on any atom is 0.573 e. The zero-order valence-corrected chi connectivity index (χ0v) is 39.3. The molecule has 12 nitrogen and oxygen atoms in total. The molecule has 0 spiro atoms. The Kier molecular flexibility index (Phi) is 18.1. The number of alkyl halides is 3. The van der Waals surface area contributed by atoms with Crippen LogP contribution in [-0.4, -0.2) is 54.4 Å². The van der Waals surface area contributed by atoms with Gasteiger partial charge < -0.3 is 43.9 Å². The van der Waals surface area contributed by atoms with Crippen LogP contribution >= 0.6 is 0 Å². The SMILES string of the molecule is CC(C)N(Cc1cnc[nH]1)c1cccc(OC(F)(F)F)c1.CC(C)N(Cc1cnc[nH]1)c1cccc(OCc2ccccc2)c1.CC(C)N(Cc1cnc[nH]1)c1cccc(Oc2ccccc2)c1. The molecule has 8 aromatic rings. The van der Waals surface area contributed by atoms with E-state index in [9.17, 15) is 13.2 Å². The number of halogens is 3. The van der Waals surface area contributed by atoms with Gasteiger partial charge in [0.05, 0.1) is 55.7 Å². The average molecular weight is 928 g/mol. The second-order valence-corrected chi connectivity index (χ2v) is 16.6. The molecule has 0 bridgehead atoms. The Balaban J connectivity index is 0.000000168. The standard InChI is InChI=1S/C20H23N3O.C19H21N3O.C14H16F3N3O/c1-16(2)23(13-18-12-21-15-22-18)19-9-6-10-20(11-19)24-14-17-7-4-3-5-8-17;1-15(2)22(13-16-12-20-14-21-16)17-7-6-10-19(11-17)23-18-8-4-3-5-9-18;1-10(2)20(8-11-7-18-9-19-11)12-4-3-5-13(6-12)21-14(15,16)17/h3-12,15-16H,13-14H2,1-2H3,(H,21,22);3-12,14-15H,13H2,1-2H3,(H,20,21);3-7,9-10H,8H2,1-2H3,(H,18,19). The van der Waals surface area contributed by atoms with Crippen LogP contribution in [0.1, 0.15) is 64.2 Å². The Morgan fingerprint density at radius 3 is 1.26 bits per heavy atom. The van der Waals surface area contributed by atoms with E-state index in [2.05, 4.69) is 109 Å². The molecule has 0 unspecified atom stereocenters. The Hall–Kier alpha value is -7.68. The third-order valence-electron chi connectivity index (χ3n) is 10.5. The molecule has 0 radical (unpaired) electrons. The van der Waals surface area contributed by atoms with Gasteiger partial charge in [-0.15, -0.1) is 13.2 Å². The van der Waals surface area contributed by atoms with E-state index in [0.29, 0.717) is 30.9 Å². The molecule has 0 saturated carbocycles. The van der Waals surface area contributed by atoms with Crippen LogP contribution in [0.3, 0.4) is 0 Å². The first-order valence-corrected chi connectivity index (χ1v) is 22.5.